The largest absolute Gasteiger partial charge is 0.340 e. The summed E-state index contributed by atoms with van der Waals surface area (Å²) in [4.78, 5) is 25.8. The average Bonchev–Trinajstić information content (AvgIpc) is 2.93. The number of hydrogen-bond donors (Lipinski definition) is 2. The number of benzene rings is 1. The molecule has 22 heavy (non-hydrogen) atoms. The van der Waals surface area contributed by atoms with Crippen LogP contribution in [0, 0.1) is 5.82 Å². The van der Waals surface area contributed by atoms with Gasteiger partial charge < -0.3 is 16.0 Å². The van der Waals surface area contributed by atoms with Crippen molar-refractivity contribution in [2.75, 3.05) is 24.2 Å². The number of likely N-dealkylation sites (tertiary alicyclic amines) is 1. The van der Waals surface area contributed by atoms with Gasteiger partial charge in [0, 0.05) is 24.8 Å². The van der Waals surface area contributed by atoms with Gasteiger partial charge in [0.25, 0.3) is 0 Å². The molecule has 0 bridgehead atoms. The van der Waals surface area contributed by atoms with E-state index in [9.17, 15) is 14.0 Å². The number of nitrogens with one attached hydrogen (secondary N) is 1. The Morgan fingerprint density at radius 2 is 2.14 bits per heavy atom. The van der Waals surface area contributed by atoms with E-state index in [1.165, 1.54) is 36.0 Å². The van der Waals surface area contributed by atoms with Crippen molar-refractivity contribution >= 4 is 29.3 Å². The summed E-state index contributed by atoms with van der Waals surface area (Å²) in [7, 11) is 0. The Labute approximate surface area is 133 Å². The number of thioether (sulfide) groups is 1. The Morgan fingerprint density at radius 1 is 1.45 bits per heavy atom. The van der Waals surface area contributed by atoms with Gasteiger partial charge in [-0.1, -0.05) is 0 Å². The fourth-order valence-corrected chi connectivity index (χ4v) is 3.01. The van der Waals surface area contributed by atoms with Gasteiger partial charge in [-0.3, -0.25) is 9.59 Å². The maximum Gasteiger partial charge on any atom is 0.235 e. The topological polar surface area (TPSA) is 75.4 Å². The van der Waals surface area contributed by atoms with Gasteiger partial charge in [-0.05, 0) is 37.6 Å². The van der Waals surface area contributed by atoms with Gasteiger partial charge in [0.05, 0.1) is 11.0 Å². The van der Waals surface area contributed by atoms with E-state index in [1.54, 1.807) is 11.8 Å². The summed E-state index contributed by atoms with van der Waals surface area (Å²) < 4.78 is 12.8. The summed E-state index contributed by atoms with van der Waals surface area (Å²) in [5, 5.41) is 2.38. The molecule has 2 amide bonds. The number of carbonyl (C=O) groups excluding carboxylic acids is 2. The van der Waals surface area contributed by atoms with Gasteiger partial charge in [0.2, 0.25) is 11.8 Å². The predicted molar refractivity (Wildman–Crippen MR) is 86.1 cm³/mol. The molecule has 0 radical (unpaired) electrons. The number of nitrogens with two attached hydrogens (primary N) is 1. The van der Waals surface area contributed by atoms with Crippen LogP contribution in [-0.4, -0.2) is 46.8 Å². The summed E-state index contributed by atoms with van der Waals surface area (Å²) >= 11 is 1.28. The van der Waals surface area contributed by atoms with E-state index in [4.69, 9.17) is 5.73 Å². The molecule has 1 heterocycles. The van der Waals surface area contributed by atoms with E-state index < -0.39 is 0 Å². The lowest BCUT2D eigenvalue weighted by atomic mass is 10.3. The molecule has 1 unspecified atom stereocenters. The standard InChI is InChI=1S/C15H20FN3O2S/c1-10(15(21)19-7-6-12(17)8-19)22-9-14(20)18-13-4-2-11(16)3-5-13/h2-5,10,12H,6-9,17H2,1H3,(H,18,20)/t10?,12-/m1/s1. The quantitative estimate of drug-likeness (QED) is 0.859. The van der Waals surface area contributed by atoms with E-state index in [0.717, 1.165) is 6.42 Å². The fraction of sp³-hybridized carbons (Fsp3) is 0.467. The second-order valence-corrected chi connectivity index (χ2v) is 6.67. The van der Waals surface area contributed by atoms with Crippen molar-refractivity contribution in [2.45, 2.75) is 24.6 Å². The molecule has 0 aliphatic carbocycles. The van der Waals surface area contributed by atoms with Crippen molar-refractivity contribution in [2.24, 2.45) is 5.73 Å². The Kier molecular flexibility index (Phi) is 5.79. The van der Waals surface area contributed by atoms with Crippen LogP contribution in [0.4, 0.5) is 10.1 Å². The first kappa shape index (κ1) is 16.8. The lowest BCUT2D eigenvalue weighted by Crippen LogP contribution is -2.37. The van der Waals surface area contributed by atoms with Gasteiger partial charge >= 0.3 is 0 Å². The first-order valence-electron chi connectivity index (χ1n) is 7.17. The molecular formula is C15H20FN3O2S. The molecule has 0 saturated carbocycles. The van der Waals surface area contributed by atoms with Crippen molar-refractivity contribution in [3.8, 4) is 0 Å². The Balaban J connectivity index is 1.75. The molecule has 1 aromatic carbocycles. The number of carbonyl (C=O) groups is 2. The molecule has 2 rings (SSSR count). The number of amides is 2. The maximum atomic E-state index is 12.8. The van der Waals surface area contributed by atoms with Crippen LogP contribution in [0.5, 0.6) is 0 Å². The van der Waals surface area contributed by atoms with E-state index >= 15 is 0 Å². The predicted octanol–water partition coefficient (Wildman–Crippen LogP) is 1.45. The number of hydrogen-bond acceptors (Lipinski definition) is 4. The fourth-order valence-electron chi connectivity index (χ4n) is 2.25. The summed E-state index contributed by atoms with van der Waals surface area (Å²) in [6.45, 7) is 3.07. The van der Waals surface area contributed by atoms with Gasteiger partial charge in [0.15, 0.2) is 0 Å². The third-order valence-electron chi connectivity index (χ3n) is 3.48. The molecule has 7 heteroatoms. The van der Waals surface area contributed by atoms with Crippen LogP contribution in [0.25, 0.3) is 0 Å². The Morgan fingerprint density at radius 3 is 2.73 bits per heavy atom. The van der Waals surface area contributed by atoms with Crippen LogP contribution in [0.2, 0.25) is 0 Å². The van der Waals surface area contributed by atoms with E-state index in [0.29, 0.717) is 18.8 Å². The zero-order valence-corrected chi connectivity index (χ0v) is 13.2. The van der Waals surface area contributed by atoms with Crippen LogP contribution in [0.1, 0.15) is 13.3 Å². The zero-order chi connectivity index (χ0) is 16.1. The first-order chi connectivity index (χ1) is 10.5. The first-order valence-corrected chi connectivity index (χ1v) is 8.22. The lowest BCUT2D eigenvalue weighted by Gasteiger charge is -2.20. The minimum Gasteiger partial charge on any atom is -0.340 e. The molecule has 2 atom stereocenters. The van der Waals surface area contributed by atoms with Crippen LogP contribution in [0.15, 0.2) is 24.3 Å². The SMILES string of the molecule is CC(SCC(=O)Nc1ccc(F)cc1)C(=O)N1CC[C@@H](N)C1. The summed E-state index contributed by atoms with van der Waals surface area (Å²) in [5.74, 6) is -0.373. The van der Waals surface area contributed by atoms with Crippen molar-refractivity contribution in [3.63, 3.8) is 0 Å². The molecule has 0 aromatic heterocycles. The normalized spacial score (nSPS) is 19.0. The number of anilines is 1. The highest BCUT2D eigenvalue weighted by Crippen LogP contribution is 2.17. The van der Waals surface area contributed by atoms with Gasteiger partial charge in [-0.2, -0.15) is 0 Å². The van der Waals surface area contributed by atoms with Crippen LogP contribution in [-0.2, 0) is 9.59 Å². The maximum absolute atomic E-state index is 12.8. The van der Waals surface area contributed by atoms with Crippen molar-refractivity contribution < 1.29 is 14.0 Å². The second kappa shape index (κ2) is 7.60. The summed E-state index contributed by atoms with van der Waals surface area (Å²) in [6.07, 6.45) is 0.828. The van der Waals surface area contributed by atoms with E-state index in [1.807, 2.05) is 0 Å². The Hall–Kier alpha value is -1.60. The monoisotopic (exact) mass is 325 g/mol. The number of rotatable bonds is 5. The molecule has 1 fully saturated rings. The highest BCUT2D eigenvalue weighted by molar-refractivity contribution is 8.01. The molecule has 1 aliphatic heterocycles. The molecular weight excluding hydrogens is 305 g/mol. The average molecular weight is 325 g/mol. The molecule has 1 saturated heterocycles. The van der Waals surface area contributed by atoms with Crippen molar-refractivity contribution in [1.29, 1.82) is 0 Å². The van der Waals surface area contributed by atoms with Gasteiger partial charge in [-0.25, -0.2) is 4.39 Å². The summed E-state index contributed by atoms with van der Waals surface area (Å²) in [5.41, 5.74) is 6.33. The smallest absolute Gasteiger partial charge is 0.235 e. The molecule has 1 aliphatic rings. The highest BCUT2D eigenvalue weighted by Gasteiger charge is 2.27. The molecule has 0 spiro atoms. The number of nitrogens with zero attached hydrogens (tertiary/aromatic N) is 1. The van der Waals surface area contributed by atoms with Crippen molar-refractivity contribution in [1.82, 2.24) is 4.90 Å². The van der Waals surface area contributed by atoms with Crippen LogP contribution < -0.4 is 11.1 Å². The molecule has 5 nitrogen and oxygen atoms in total. The third kappa shape index (κ3) is 4.71. The molecule has 120 valence electrons. The minimum absolute atomic E-state index is 0.0209. The van der Waals surface area contributed by atoms with Crippen molar-refractivity contribution in [3.05, 3.63) is 30.1 Å². The number of halogens is 1. The van der Waals surface area contributed by atoms with Gasteiger partial charge in [0.1, 0.15) is 5.82 Å². The summed E-state index contributed by atoms with van der Waals surface area (Å²) in [6, 6.07) is 5.62. The van der Waals surface area contributed by atoms with E-state index in [2.05, 4.69) is 5.32 Å². The second-order valence-electron chi connectivity index (χ2n) is 5.34. The molecule has 3 N–H and O–H groups in total. The molecule has 1 aromatic rings. The Bertz CT molecular complexity index is 538. The lowest BCUT2D eigenvalue weighted by molar-refractivity contribution is -0.129. The van der Waals surface area contributed by atoms with Crippen LogP contribution in [0.3, 0.4) is 0 Å². The third-order valence-corrected chi connectivity index (χ3v) is 4.61. The van der Waals surface area contributed by atoms with Crippen LogP contribution >= 0.6 is 11.8 Å². The zero-order valence-electron chi connectivity index (χ0n) is 12.4. The minimum atomic E-state index is -0.351. The van der Waals surface area contributed by atoms with E-state index in [-0.39, 0.29) is 34.7 Å². The highest BCUT2D eigenvalue weighted by atomic mass is 32.2. The van der Waals surface area contributed by atoms with Gasteiger partial charge in [-0.15, -0.1) is 11.8 Å².